The SMILES string of the molecule is Brc1ccc(-c2ccc(Br)cc2)cc1.Brc1ccc(-c2ccc(Br)cc2)cc1.O. The highest BCUT2D eigenvalue weighted by molar-refractivity contribution is 9.11. The smallest absolute Gasteiger partial charge is 0.0175 e. The molecule has 0 heterocycles. The molecule has 148 valence electrons. The van der Waals surface area contributed by atoms with E-state index in [0.29, 0.717) is 0 Å². The number of halogens is 4. The Labute approximate surface area is 205 Å². The second-order valence-electron chi connectivity index (χ2n) is 6.03. The van der Waals surface area contributed by atoms with Crippen LogP contribution in [0.25, 0.3) is 22.3 Å². The zero-order valence-electron chi connectivity index (χ0n) is 15.2. The van der Waals surface area contributed by atoms with Crippen molar-refractivity contribution >= 4 is 63.7 Å². The predicted octanol–water partition coefficient (Wildman–Crippen LogP) is 8.93. The molecule has 0 aliphatic rings. The van der Waals surface area contributed by atoms with E-state index in [4.69, 9.17) is 0 Å². The molecule has 0 radical (unpaired) electrons. The van der Waals surface area contributed by atoms with Crippen molar-refractivity contribution in [2.75, 3.05) is 0 Å². The molecule has 0 aromatic heterocycles. The van der Waals surface area contributed by atoms with Crippen LogP contribution in [0.15, 0.2) is 115 Å². The van der Waals surface area contributed by atoms with E-state index in [0.717, 1.165) is 17.9 Å². The number of benzene rings is 4. The Bertz CT molecular complexity index is 836. The van der Waals surface area contributed by atoms with Gasteiger partial charge >= 0.3 is 0 Å². The molecule has 0 amide bonds. The van der Waals surface area contributed by atoms with Gasteiger partial charge in [-0.15, -0.1) is 0 Å². The molecule has 1 nitrogen and oxygen atoms in total. The van der Waals surface area contributed by atoms with E-state index in [1.807, 2.05) is 0 Å². The van der Waals surface area contributed by atoms with Crippen LogP contribution in [0.1, 0.15) is 0 Å². The van der Waals surface area contributed by atoms with E-state index in [-0.39, 0.29) is 5.48 Å². The fourth-order valence-corrected chi connectivity index (χ4v) is 3.63. The van der Waals surface area contributed by atoms with Gasteiger partial charge in [0.1, 0.15) is 0 Å². The van der Waals surface area contributed by atoms with Gasteiger partial charge in [0.2, 0.25) is 0 Å². The molecule has 0 atom stereocenters. The lowest BCUT2D eigenvalue weighted by Crippen LogP contribution is -1.76. The molecule has 29 heavy (non-hydrogen) atoms. The van der Waals surface area contributed by atoms with Crippen molar-refractivity contribution in [1.29, 1.82) is 0 Å². The quantitative estimate of drug-likeness (QED) is 0.209. The second kappa shape index (κ2) is 11.8. The van der Waals surface area contributed by atoms with Gasteiger partial charge in [-0.05, 0) is 70.8 Å². The van der Waals surface area contributed by atoms with Gasteiger partial charge in [-0.25, -0.2) is 0 Å². The van der Waals surface area contributed by atoms with Crippen LogP contribution in [0.4, 0.5) is 0 Å². The summed E-state index contributed by atoms with van der Waals surface area (Å²) in [6.07, 6.45) is 0. The third-order valence-electron chi connectivity index (χ3n) is 4.04. The summed E-state index contributed by atoms with van der Waals surface area (Å²) >= 11 is 13.7. The molecule has 0 aliphatic heterocycles. The monoisotopic (exact) mass is 638 g/mol. The van der Waals surface area contributed by atoms with E-state index < -0.39 is 0 Å². The van der Waals surface area contributed by atoms with Crippen molar-refractivity contribution in [2.24, 2.45) is 0 Å². The van der Waals surface area contributed by atoms with Crippen LogP contribution in [0, 0.1) is 0 Å². The van der Waals surface area contributed by atoms with Crippen molar-refractivity contribution < 1.29 is 5.48 Å². The fraction of sp³-hybridized carbons (Fsp3) is 0. The van der Waals surface area contributed by atoms with Crippen molar-refractivity contribution in [2.45, 2.75) is 0 Å². The summed E-state index contributed by atoms with van der Waals surface area (Å²) in [6.45, 7) is 0. The first kappa shape index (κ1) is 24.0. The van der Waals surface area contributed by atoms with E-state index >= 15 is 0 Å². The van der Waals surface area contributed by atoms with E-state index in [1.54, 1.807) is 0 Å². The summed E-state index contributed by atoms with van der Waals surface area (Å²) in [6, 6.07) is 33.3. The van der Waals surface area contributed by atoms with Crippen LogP contribution < -0.4 is 0 Å². The first-order valence-corrected chi connectivity index (χ1v) is 11.7. The van der Waals surface area contributed by atoms with Crippen molar-refractivity contribution in [3.8, 4) is 22.3 Å². The summed E-state index contributed by atoms with van der Waals surface area (Å²) in [7, 11) is 0. The van der Waals surface area contributed by atoms with Crippen LogP contribution in [-0.4, -0.2) is 5.48 Å². The number of hydrogen-bond donors (Lipinski definition) is 0. The highest BCUT2D eigenvalue weighted by atomic mass is 79.9. The maximum atomic E-state index is 3.42. The summed E-state index contributed by atoms with van der Waals surface area (Å²) in [4.78, 5) is 0. The lowest BCUT2D eigenvalue weighted by atomic mass is 10.1. The summed E-state index contributed by atoms with van der Waals surface area (Å²) in [5, 5.41) is 0. The lowest BCUT2D eigenvalue weighted by Gasteiger charge is -2.01. The van der Waals surface area contributed by atoms with Crippen molar-refractivity contribution in [3.63, 3.8) is 0 Å². The first-order valence-electron chi connectivity index (χ1n) is 8.54. The average molecular weight is 642 g/mol. The molecule has 0 spiro atoms. The number of hydrogen-bond acceptors (Lipinski definition) is 0. The van der Waals surface area contributed by atoms with Gasteiger partial charge in [0.25, 0.3) is 0 Å². The van der Waals surface area contributed by atoms with E-state index in [2.05, 4.69) is 161 Å². The molecule has 5 heteroatoms. The highest BCUT2D eigenvalue weighted by Crippen LogP contribution is 2.24. The molecule has 0 fully saturated rings. The average Bonchev–Trinajstić information content (AvgIpc) is 2.71. The van der Waals surface area contributed by atoms with Gasteiger partial charge in [0.05, 0.1) is 0 Å². The van der Waals surface area contributed by atoms with Gasteiger partial charge < -0.3 is 5.48 Å². The second-order valence-corrected chi connectivity index (χ2v) is 9.69. The summed E-state index contributed by atoms with van der Waals surface area (Å²) in [5.74, 6) is 0. The van der Waals surface area contributed by atoms with Crippen molar-refractivity contribution in [3.05, 3.63) is 115 Å². The summed E-state index contributed by atoms with van der Waals surface area (Å²) < 4.78 is 4.44. The van der Waals surface area contributed by atoms with Crippen LogP contribution in [0.5, 0.6) is 0 Å². The van der Waals surface area contributed by atoms with Crippen molar-refractivity contribution in [1.82, 2.24) is 0 Å². The Kier molecular flexibility index (Phi) is 9.80. The Morgan fingerprint density at radius 3 is 0.552 bits per heavy atom. The minimum Gasteiger partial charge on any atom is -0.412 e. The van der Waals surface area contributed by atoms with Gasteiger partial charge in [-0.2, -0.15) is 0 Å². The Morgan fingerprint density at radius 1 is 0.276 bits per heavy atom. The standard InChI is InChI=1S/2C12H8Br2.H2O/c2*13-11-5-1-9(2-6-11)10-3-7-12(14)8-4-10;/h2*1-8H;1H2. The van der Waals surface area contributed by atoms with E-state index in [1.165, 1.54) is 22.3 Å². The minimum atomic E-state index is 0. The van der Waals surface area contributed by atoms with Gasteiger partial charge in [0, 0.05) is 17.9 Å². The maximum absolute atomic E-state index is 3.42. The molecular weight excluding hydrogens is 624 g/mol. The Balaban J connectivity index is 0.000000200. The lowest BCUT2D eigenvalue weighted by molar-refractivity contribution is 0.824. The topological polar surface area (TPSA) is 31.5 Å². The third-order valence-corrected chi connectivity index (χ3v) is 6.16. The zero-order chi connectivity index (χ0) is 19.9. The van der Waals surface area contributed by atoms with Gasteiger partial charge in [-0.1, -0.05) is 112 Å². The van der Waals surface area contributed by atoms with E-state index in [9.17, 15) is 0 Å². The molecular formula is C24H18Br4O. The molecule has 4 rings (SSSR count). The predicted molar refractivity (Wildman–Crippen MR) is 138 cm³/mol. The Hall–Kier alpha value is -1.24. The largest absolute Gasteiger partial charge is 0.412 e. The van der Waals surface area contributed by atoms with Gasteiger partial charge in [0.15, 0.2) is 0 Å². The third kappa shape index (κ3) is 7.50. The molecule has 0 saturated carbocycles. The van der Waals surface area contributed by atoms with Gasteiger partial charge in [-0.3, -0.25) is 0 Å². The first-order chi connectivity index (χ1) is 13.5. The molecule has 4 aromatic rings. The highest BCUT2D eigenvalue weighted by Gasteiger charge is 1.97. The summed E-state index contributed by atoms with van der Waals surface area (Å²) in [5.41, 5.74) is 4.95. The van der Waals surface area contributed by atoms with Crippen LogP contribution >= 0.6 is 63.7 Å². The molecule has 0 unspecified atom stereocenters. The molecule has 0 aliphatic carbocycles. The molecule has 4 aromatic carbocycles. The normalized spacial score (nSPS) is 9.79. The van der Waals surface area contributed by atoms with Crippen LogP contribution in [-0.2, 0) is 0 Å². The molecule has 0 saturated heterocycles. The van der Waals surface area contributed by atoms with Crippen LogP contribution in [0.2, 0.25) is 0 Å². The fourth-order valence-electron chi connectivity index (χ4n) is 2.57. The van der Waals surface area contributed by atoms with Crippen LogP contribution in [0.3, 0.4) is 0 Å². The molecule has 0 bridgehead atoms. The number of rotatable bonds is 2. The Morgan fingerprint density at radius 2 is 0.414 bits per heavy atom. The maximum Gasteiger partial charge on any atom is 0.0175 e. The minimum absolute atomic E-state index is 0. The molecule has 2 N–H and O–H groups in total. The zero-order valence-corrected chi connectivity index (χ0v) is 21.6.